The van der Waals surface area contributed by atoms with Gasteiger partial charge in [-0.15, -0.1) is 0 Å². The molecule has 73 heavy (non-hydrogen) atoms. The maximum atomic E-state index is 14.3. The lowest BCUT2D eigenvalue weighted by atomic mass is 9.99. The van der Waals surface area contributed by atoms with Gasteiger partial charge in [0.1, 0.15) is 48.0 Å². The number of carboxylic acid groups (broad SMARTS) is 1. The Bertz CT molecular complexity index is 2170. The van der Waals surface area contributed by atoms with Gasteiger partial charge in [0.15, 0.2) is 0 Å². The van der Waals surface area contributed by atoms with Crippen LogP contribution < -0.4 is 43.0 Å². The summed E-state index contributed by atoms with van der Waals surface area (Å²) in [5.41, 5.74) is 7.40. The van der Waals surface area contributed by atoms with Gasteiger partial charge in [-0.2, -0.15) is 0 Å². The van der Waals surface area contributed by atoms with Gasteiger partial charge in [0.05, 0.1) is 12.6 Å². The minimum absolute atomic E-state index is 0.00464. The number of carbonyl (C=O) groups is 9. The quantitative estimate of drug-likeness (QED) is 0.0561. The number of nitrogens with zero attached hydrogens (tertiary/aromatic N) is 1. The number of rotatable bonds is 29. The second-order valence-corrected chi connectivity index (χ2v) is 20.6. The lowest BCUT2D eigenvalue weighted by molar-refractivity contribution is -0.143. The van der Waals surface area contributed by atoms with Crippen LogP contribution in [0.2, 0.25) is 0 Å². The number of unbranched alkanes of at least 4 members (excludes halogenated alkanes) is 1. The van der Waals surface area contributed by atoms with Gasteiger partial charge in [0.25, 0.3) is 0 Å². The fourth-order valence-electron chi connectivity index (χ4n) is 8.52. The van der Waals surface area contributed by atoms with Crippen molar-refractivity contribution >= 4 is 53.2 Å². The van der Waals surface area contributed by atoms with Gasteiger partial charge in [-0.05, 0) is 79.0 Å². The highest BCUT2D eigenvalue weighted by atomic mass is 16.4. The molecule has 1 saturated heterocycles. The number of aliphatic carboxylic acids is 1. The van der Waals surface area contributed by atoms with E-state index in [0.717, 1.165) is 5.56 Å². The third-order valence-corrected chi connectivity index (χ3v) is 12.5. The molecule has 2 aromatic rings. The van der Waals surface area contributed by atoms with Crippen LogP contribution in [0.1, 0.15) is 118 Å². The molecule has 2 aromatic carbocycles. The van der Waals surface area contributed by atoms with Crippen LogP contribution in [0.5, 0.6) is 5.75 Å². The van der Waals surface area contributed by atoms with E-state index in [4.69, 9.17) is 5.73 Å². The van der Waals surface area contributed by atoms with Crippen molar-refractivity contribution in [2.24, 2.45) is 29.4 Å². The molecule has 0 radical (unpaired) electrons. The Kier molecular flexibility index (Phi) is 24.8. The van der Waals surface area contributed by atoms with Crippen LogP contribution in [-0.4, -0.2) is 130 Å². The minimum atomic E-state index is -1.28. The highest BCUT2D eigenvalue weighted by molar-refractivity contribution is 5.98. The Hall–Kier alpha value is -6.57. The van der Waals surface area contributed by atoms with E-state index in [9.17, 15) is 53.4 Å². The van der Waals surface area contributed by atoms with Crippen molar-refractivity contribution in [1.29, 1.82) is 0 Å². The van der Waals surface area contributed by atoms with E-state index in [1.807, 2.05) is 40.7 Å². The highest BCUT2D eigenvalue weighted by Gasteiger charge is 2.40. The molecule has 0 aromatic heterocycles. The molecular formula is C53H81N9O11. The normalized spacial score (nSPS) is 16.4. The highest BCUT2D eigenvalue weighted by Crippen LogP contribution is 2.21. The van der Waals surface area contributed by atoms with Crippen molar-refractivity contribution in [3.05, 3.63) is 65.7 Å². The molecule has 1 fully saturated rings. The number of hydrogen-bond donors (Lipinski definition) is 10. The summed E-state index contributed by atoms with van der Waals surface area (Å²) in [6.07, 6.45) is 2.81. The summed E-state index contributed by atoms with van der Waals surface area (Å²) in [6.45, 7) is 15.8. The number of benzene rings is 2. The van der Waals surface area contributed by atoms with Crippen molar-refractivity contribution in [3.8, 4) is 5.75 Å². The maximum Gasteiger partial charge on any atom is 0.326 e. The molecule has 0 spiro atoms. The van der Waals surface area contributed by atoms with Crippen LogP contribution in [0.15, 0.2) is 54.6 Å². The summed E-state index contributed by atoms with van der Waals surface area (Å²) in [5, 5.41) is 38.4. The molecule has 0 bridgehead atoms. The van der Waals surface area contributed by atoms with Crippen molar-refractivity contribution < 1.29 is 53.4 Å². The van der Waals surface area contributed by atoms with Gasteiger partial charge in [0.2, 0.25) is 47.3 Å². The van der Waals surface area contributed by atoms with Crippen LogP contribution >= 0.6 is 0 Å². The lowest BCUT2D eigenvalue weighted by Gasteiger charge is -2.31. The monoisotopic (exact) mass is 1020 g/mol. The molecule has 11 N–H and O–H groups in total. The molecule has 1 aliphatic heterocycles. The maximum absolute atomic E-state index is 14.3. The van der Waals surface area contributed by atoms with E-state index in [0.29, 0.717) is 31.2 Å². The van der Waals surface area contributed by atoms with Crippen LogP contribution in [0.4, 0.5) is 0 Å². The molecule has 3 rings (SSSR count). The molecule has 404 valence electrons. The Morgan fingerprint density at radius 1 is 0.630 bits per heavy atom. The summed E-state index contributed by atoms with van der Waals surface area (Å²) >= 11 is 0. The van der Waals surface area contributed by atoms with Crippen LogP contribution in [0.25, 0.3) is 0 Å². The minimum Gasteiger partial charge on any atom is -0.508 e. The zero-order chi connectivity index (χ0) is 54.5. The number of likely N-dealkylation sites (tertiary alicyclic amines) is 1. The van der Waals surface area contributed by atoms with Crippen LogP contribution in [0, 0.1) is 23.7 Å². The first-order valence-electron chi connectivity index (χ1n) is 25.6. The van der Waals surface area contributed by atoms with Gasteiger partial charge in [-0.1, -0.05) is 118 Å². The largest absolute Gasteiger partial charge is 0.508 e. The van der Waals surface area contributed by atoms with E-state index in [2.05, 4.69) is 37.2 Å². The smallest absolute Gasteiger partial charge is 0.326 e. The molecule has 0 saturated carbocycles. The number of phenolic OH excluding ortho intramolecular Hbond substituents is 1. The topological polar surface area (TPSA) is 308 Å². The number of carbonyl (C=O) groups excluding carboxylic acids is 8. The molecular weight excluding hydrogens is 939 g/mol. The van der Waals surface area contributed by atoms with Crippen LogP contribution in [0.3, 0.4) is 0 Å². The number of carboxylic acids is 1. The predicted molar refractivity (Wildman–Crippen MR) is 275 cm³/mol. The predicted octanol–water partition coefficient (Wildman–Crippen LogP) is 2.20. The molecule has 20 heteroatoms. The van der Waals surface area contributed by atoms with Crippen molar-refractivity contribution in [2.45, 2.75) is 168 Å². The van der Waals surface area contributed by atoms with E-state index in [1.165, 1.54) is 17.0 Å². The first kappa shape index (κ1) is 60.7. The standard InChI is InChI=1S/C53H81N9O11/c1-10-11-18-38(56-43(64)29-55-47(66)40(27-34-16-13-12-14-17-34)58-48(67)39(26-31(4)5)57-46(65)37(54)25-30(2)3)52(71)62-24-15-19-42(62)50(69)60-44(32(6)7)51(70)59-41(28-35-20-22-36(63)23-21-35)49(68)61-45(33(8)9)53(72)73/h12-14,16-17,20-23,30-33,37-42,44-45,63H,10-11,15,18-19,24-29,54H2,1-9H3,(H,55,66)(H,56,64)(H,57,65)(H,58,67)(H,59,70)(H,60,69)(H,61,68)(H,72,73)/t37-,38-,39-,40-,41-,42-,44-,45-/m0/s1. The zero-order valence-electron chi connectivity index (χ0n) is 44.0. The Balaban J connectivity index is 1.76. The molecule has 20 nitrogen and oxygen atoms in total. The number of phenols is 1. The molecule has 0 aliphatic carbocycles. The van der Waals surface area contributed by atoms with E-state index < -0.39 is 120 Å². The van der Waals surface area contributed by atoms with Gasteiger partial charge in [-0.3, -0.25) is 38.4 Å². The summed E-state index contributed by atoms with van der Waals surface area (Å²) in [5.74, 6) is -7.22. The number of aromatic hydroxyl groups is 1. The fraction of sp³-hybridized carbons (Fsp3) is 0.604. The second-order valence-electron chi connectivity index (χ2n) is 20.6. The molecule has 8 amide bonds. The van der Waals surface area contributed by atoms with Gasteiger partial charge in [-0.25, -0.2) is 4.79 Å². The Labute approximate surface area is 429 Å². The number of nitrogens with two attached hydrogens (primary N) is 1. The summed E-state index contributed by atoms with van der Waals surface area (Å²) in [7, 11) is 0. The second kappa shape index (κ2) is 29.8. The summed E-state index contributed by atoms with van der Waals surface area (Å²) < 4.78 is 0. The molecule has 8 atom stereocenters. The van der Waals surface area contributed by atoms with Crippen molar-refractivity contribution in [3.63, 3.8) is 0 Å². The summed E-state index contributed by atoms with van der Waals surface area (Å²) in [6, 6.07) is 6.10. The molecule has 1 aliphatic rings. The lowest BCUT2D eigenvalue weighted by Crippen LogP contribution is -2.60. The SMILES string of the molecule is CCCC[C@H](NC(=O)CNC(=O)[C@H](Cc1ccccc1)NC(=O)[C@H](CC(C)C)NC(=O)[C@@H](N)CC(C)C)C(=O)N1CCC[C@H]1C(=O)N[C@H](C(=O)N[C@@H](Cc1ccc(O)cc1)C(=O)N[C@H](C(=O)O)C(C)C)C(C)C. The Morgan fingerprint density at radius 3 is 1.74 bits per heavy atom. The molecule has 0 unspecified atom stereocenters. The first-order valence-corrected chi connectivity index (χ1v) is 25.6. The number of amides is 8. The van der Waals surface area contributed by atoms with E-state index >= 15 is 0 Å². The first-order chi connectivity index (χ1) is 34.4. The Morgan fingerprint density at radius 2 is 1.18 bits per heavy atom. The third kappa shape index (κ3) is 20.1. The average molecular weight is 1020 g/mol. The summed E-state index contributed by atoms with van der Waals surface area (Å²) in [4.78, 5) is 124. The van der Waals surface area contributed by atoms with E-state index in [1.54, 1.807) is 64.1 Å². The van der Waals surface area contributed by atoms with Crippen molar-refractivity contribution in [1.82, 2.24) is 42.1 Å². The average Bonchev–Trinajstić information content (AvgIpc) is 3.82. The fourth-order valence-corrected chi connectivity index (χ4v) is 8.52. The van der Waals surface area contributed by atoms with Gasteiger partial charge in [0, 0.05) is 19.4 Å². The molecule has 1 heterocycles. The van der Waals surface area contributed by atoms with E-state index in [-0.39, 0.29) is 56.2 Å². The zero-order valence-corrected chi connectivity index (χ0v) is 44.0. The third-order valence-electron chi connectivity index (χ3n) is 12.5. The number of nitrogens with one attached hydrogen (secondary N) is 7. The van der Waals surface area contributed by atoms with Gasteiger partial charge < -0.3 is 58.1 Å². The van der Waals surface area contributed by atoms with Gasteiger partial charge >= 0.3 is 5.97 Å². The van der Waals surface area contributed by atoms with Crippen molar-refractivity contribution in [2.75, 3.05) is 13.1 Å². The number of hydrogen-bond acceptors (Lipinski definition) is 11. The van der Waals surface area contributed by atoms with Crippen LogP contribution in [-0.2, 0) is 56.0 Å².